The zero-order valence-electron chi connectivity index (χ0n) is 21.6. The number of oxime groups is 1. The third kappa shape index (κ3) is 6.63. The predicted octanol–water partition coefficient (Wildman–Crippen LogP) is 1.91. The molecule has 2 aromatic rings. The summed E-state index contributed by atoms with van der Waals surface area (Å²) in [6, 6.07) is 4.31. The van der Waals surface area contributed by atoms with Gasteiger partial charge in [-0.15, -0.1) is 23.1 Å². The van der Waals surface area contributed by atoms with Crippen molar-refractivity contribution in [1.82, 2.24) is 15.2 Å². The first-order valence-corrected chi connectivity index (χ1v) is 14.0. The van der Waals surface area contributed by atoms with E-state index < -0.39 is 34.1 Å². The Labute approximate surface area is 240 Å². The molecule has 3 heterocycles. The summed E-state index contributed by atoms with van der Waals surface area (Å²) in [6.07, 6.45) is 0.439. The number of thiazole rings is 1. The zero-order chi connectivity index (χ0) is 29.7. The maximum atomic E-state index is 13.2. The number of nitro benzene ring substituents is 1. The Morgan fingerprint density at radius 2 is 2.07 bits per heavy atom. The number of aromatic nitrogens is 1. The van der Waals surface area contributed by atoms with Crippen molar-refractivity contribution in [3.63, 3.8) is 0 Å². The highest BCUT2D eigenvalue weighted by molar-refractivity contribution is 8.00. The number of nitrogens with zero attached hydrogens (tertiary/aromatic N) is 4. The standard InChI is InChI=1S/C24H24N6O9S2/c1-12(2)7-39-28-17(15-9-41-24(26-15)25-11-31)20(33)27-18-21(34)29-19(16(32)10-40-22(18)29)23(35)38-8-13-3-5-14(6-4-13)30(36)37/h3-6,9,11-12,18,22,32H,7-8,10H2,1-2H3,(H,27,33)(H,25,26,31)/b28-17-/t18?,22-/m1/s1. The molecule has 3 N–H and O–H groups in total. The lowest BCUT2D eigenvalue weighted by atomic mass is 10.0. The summed E-state index contributed by atoms with van der Waals surface area (Å²) in [5.74, 6) is -2.66. The Balaban J connectivity index is 1.44. The van der Waals surface area contributed by atoms with Crippen LogP contribution in [0.25, 0.3) is 0 Å². The van der Waals surface area contributed by atoms with Crippen LogP contribution >= 0.6 is 23.1 Å². The van der Waals surface area contributed by atoms with Crippen LogP contribution in [0.15, 0.2) is 46.3 Å². The molecule has 0 radical (unpaired) electrons. The fourth-order valence-corrected chi connectivity index (χ4v) is 5.54. The molecule has 1 aromatic heterocycles. The summed E-state index contributed by atoms with van der Waals surface area (Å²) < 4.78 is 5.25. The second-order valence-corrected chi connectivity index (χ2v) is 11.0. The molecule has 0 spiro atoms. The molecule has 1 aromatic carbocycles. The first-order valence-electron chi connectivity index (χ1n) is 12.0. The van der Waals surface area contributed by atoms with Crippen molar-refractivity contribution in [1.29, 1.82) is 0 Å². The van der Waals surface area contributed by atoms with E-state index in [0.717, 1.165) is 28.0 Å². The lowest BCUT2D eigenvalue weighted by molar-refractivity contribution is -0.384. The zero-order valence-corrected chi connectivity index (χ0v) is 23.3. The number of esters is 1. The first kappa shape index (κ1) is 29.5. The van der Waals surface area contributed by atoms with Crippen molar-refractivity contribution in [2.45, 2.75) is 31.9 Å². The van der Waals surface area contributed by atoms with Crippen LogP contribution in [0.4, 0.5) is 10.8 Å². The van der Waals surface area contributed by atoms with Gasteiger partial charge in [0.2, 0.25) is 6.41 Å². The van der Waals surface area contributed by atoms with E-state index in [1.165, 1.54) is 29.6 Å². The molecule has 2 atom stereocenters. The van der Waals surface area contributed by atoms with Gasteiger partial charge in [0.05, 0.1) is 10.7 Å². The number of β-lactam (4-membered cyclic amide) rings is 1. The molecule has 216 valence electrons. The summed E-state index contributed by atoms with van der Waals surface area (Å²) >= 11 is 2.19. The number of benzene rings is 1. The minimum atomic E-state index is -1.06. The van der Waals surface area contributed by atoms with E-state index in [0.29, 0.717) is 12.0 Å². The predicted molar refractivity (Wildman–Crippen MR) is 147 cm³/mol. The molecule has 17 heteroatoms. The molecule has 2 aliphatic rings. The second-order valence-electron chi connectivity index (χ2n) is 9.09. The topological polar surface area (TPSA) is 203 Å². The van der Waals surface area contributed by atoms with Crippen molar-refractivity contribution < 1.29 is 38.8 Å². The molecule has 1 fully saturated rings. The molecule has 4 rings (SSSR count). The van der Waals surface area contributed by atoms with Gasteiger partial charge in [-0.2, -0.15) is 0 Å². The minimum absolute atomic E-state index is 0.0198. The molecule has 0 bridgehead atoms. The number of carbonyl (C=O) groups is 4. The van der Waals surface area contributed by atoms with Crippen LogP contribution in [0, 0.1) is 16.0 Å². The summed E-state index contributed by atoms with van der Waals surface area (Å²) in [6.45, 7) is 3.75. The van der Waals surface area contributed by atoms with E-state index in [1.807, 2.05) is 13.8 Å². The maximum absolute atomic E-state index is 13.2. The number of nitrogens with one attached hydrogen (secondary N) is 2. The van der Waals surface area contributed by atoms with Gasteiger partial charge in [-0.1, -0.05) is 19.0 Å². The van der Waals surface area contributed by atoms with Crippen LogP contribution in [0.1, 0.15) is 25.1 Å². The van der Waals surface area contributed by atoms with Gasteiger partial charge in [0.1, 0.15) is 36.1 Å². The smallest absolute Gasteiger partial charge is 0.358 e. The number of hydrogen-bond acceptors (Lipinski definition) is 13. The second kappa shape index (κ2) is 12.8. The molecule has 0 aliphatic carbocycles. The van der Waals surface area contributed by atoms with E-state index in [9.17, 15) is 34.4 Å². The third-order valence-corrected chi connectivity index (χ3v) is 7.69. The van der Waals surface area contributed by atoms with Gasteiger partial charge in [0, 0.05) is 17.5 Å². The number of carbonyl (C=O) groups excluding carboxylic acids is 4. The number of hydrogen-bond donors (Lipinski definition) is 3. The van der Waals surface area contributed by atoms with Crippen molar-refractivity contribution in [2.24, 2.45) is 11.1 Å². The number of aliphatic hydroxyl groups excluding tert-OH is 1. The van der Waals surface area contributed by atoms with Gasteiger partial charge < -0.3 is 25.3 Å². The normalized spacial score (nSPS) is 18.4. The highest BCUT2D eigenvalue weighted by Crippen LogP contribution is 2.40. The molecule has 41 heavy (non-hydrogen) atoms. The van der Waals surface area contributed by atoms with E-state index in [4.69, 9.17) is 9.57 Å². The van der Waals surface area contributed by atoms with E-state index in [2.05, 4.69) is 20.8 Å². The van der Waals surface area contributed by atoms with Gasteiger partial charge >= 0.3 is 5.97 Å². The molecule has 2 aliphatic heterocycles. The van der Waals surface area contributed by atoms with Gasteiger partial charge in [-0.3, -0.25) is 29.4 Å². The number of thioether (sulfide) groups is 1. The maximum Gasteiger partial charge on any atom is 0.358 e. The van der Waals surface area contributed by atoms with E-state index in [-0.39, 0.29) is 58.6 Å². The number of non-ortho nitro benzene ring substituents is 1. The number of nitro groups is 1. The number of fused-ring (bicyclic) bond motifs is 1. The lowest BCUT2D eigenvalue weighted by Gasteiger charge is -2.48. The molecule has 1 unspecified atom stereocenters. The third-order valence-electron chi connectivity index (χ3n) is 5.65. The molecule has 15 nitrogen and oxygen atoms in total. The Morgan fingerprint density at radius 1 is 1.34 bits per heavy atom. The highest BCUT2D eigenvalue weighted by Gasteiger charge is 2.55. The Kier molecular flexibility index (Phi) is 9.18. The largest absolute Gasteiger partial charge is 0.509 e. The van der Waals surface area contributed by atoms with Gasteiger partial charge in [0.25, 0.3) is 17.5 Å². The summed E-state index contributed by atoms with van der Waals surface area (Å²) in [7, 11) is 0. The Morgan fingerprint density at radius 3 is 2.73 bits per heavy atom. The fraction of sp³-hybridized carbons (Fsp3) is 0.333. The molecule has 3 amide bonds. The van der Waals surface area contributed by atoms with Crippen molar-refractivity contribution >= 4 is 63.8 Å². The number of amides is 3. The van der Waals surface area contributed by atoms with Crippen LogP contribution < -0.4 is 10.6 Å². The highest BCUT2D eigenvalue weighted by atomic mass is 32.2. The molecular weight excluding hydrogens is 580 g/mol. The lowest BCUT2D eigenvalue weighted by Crippen LogP contribution is -2.71. The van der Waals surface area contributed by atoms with Gasteiger partial charge in [-0.05, 0) is 23.6 Å². The van der Waals surface area contributed by atoms with Crippen molar-refractivity contribution in [2.75, 3.05) is 17.7 Å². The van der Waals surface area contributed by atoms with Gasteiger partial charge in [0.15, 0.2) is 16.5 Å². The minimum Gasteiger partial charge on any atom is -0.509 e. The number of rotatable bonds is 12. The number of aliphatic hydroxyl groups is 1. The summed E-state index contributed by atoms with van der Waals surface area (Å²) in [4.78, 5) is 70.6. The van der Waals surface area contributed by atoms with Crippen LogP contribution in [-0.2, 0) is 35.4 Å². The Bertz CT molecular complexity index is 1420. The van der Waals surface area contributed by atoms with Crippen LogP contribution in [0.2, 0.25) is 0 Å². The van der Waals surface area contributed by atoms with Crippen molar-refractivity contribution in [3.05, 3.63) is 62.5 Å². The Hall–Kier alpha value is -4.51. The summed E-state index contributed by atoms with van der Waals surface area (Å²) in [5, 5.41) is 31.1. The monoisotopic (exact) mass is 604 g/mol. The quantitative estimate of drug-likeness (QED) is 0.0797. The fourth-order valence-electron chi connectivity index (χ4n) is 3.69. The molecule has 1 saturated heterocycles. The van der Waals surface area contributed by atoms with Crippen LogP contribution in [0.3, 0.4) is 0 Å². The van der Waals surface area contributed by atoms with E-state index in [1.54, 1.807) is 0 Å². The van der Waals surface area contributed by atoms with Crippen molar-refractivity contribution in [3.8, 4) is 0 Å². The average Bonchev–Trinajstić information content (AvgIpc) is 3.40. The first-order chi connectivity index (χ1) is 19.6. The van der Waals surface area contributed by atoms with Crippen LogP contribution in [0.5, 0.6) is 0 Å². The SMILES string of the molecule is CC(C)CO/N=C(\C(=O)NC1C(=O)N2C(C(=O)OCc3ccc([N+](=O)[O-])cc3)=C(O)CS[C@H]12)c1csc(NC=O)n1. The summed E-state index contributed by atoms with van der Waals surface area (Å²) in [5.41, 5.74) is -0.0997. The van der Waals surface area contributed by atoms with Gasteiger partial charge in [-0.25, -0.2) is 9.78 Å². The molecule has 0 saturated carbocycles. The number of anilines is 1. The van der Waals surface area contributed by atoms with Crippen LogP contribution in [-0.4, -0.2) is 73.6 Å². The average molecular weight is 605 g/mol. The van der Waals surface area contributed by atoms with E-state index >= 15 is 0 Å². The number of ether oxygens (including phenoxy) is 1. The molecular formula is C24H24N6O9S2.